The molecular weight excluding hydrogens is 267 g/mol. The smallest absolute Gasteiger partial charge is 0.337 e. The Morgan fingerprint density at radius 2 is 1.83 bits per heavy atom. The van der Waals surface area contributed by atoms with Crippen LogP contribution in [0.15, 0.2) is 30.3 Å². The Morgan fingerprint density at radius 3 is 2.33 bits per heavy atom. The number of carbonyl (C=O) groups is 1. The van der Waals surface area contributed by atoms with E-state index in [1.165, 1.54) is 0 Å². The summed E-state index contributed by atoms with van der Waals surface area (Å²) in [5, 5.41) is 0. The molecule has 0 fully saturated rings. The van der Waals surface area contributed by atoms with Gasteiger partial charge in [0.25, 0.3) is 0 Å². The van der Waals surface area contributed by atoms with Crippen LogP contribution in [0, 0.1) is 0 Å². The Kier molecular flexibility index (Phi) is 5.47. The van der Waals surface area contributed by atoms with Crippen LogP contribution >= 0.6 is 11.6 Å². The summed E-state index contributed by atoms with van der Waals surface area (Å²) < 4.78 is 36.5. The highest BCUT2D eigenvalue weighted by Crippen LogP contribution is 2.21. The molecule has 0 aliphatic carbocycles. The molecule has 0 radical (unpaired) electrons. The van der Waals surface area contributed by atoms with Crippen molar-refractivity contribution in [3.63, 3.8) is 0 Å². The predicted molar refractivity (Wildman–Crippen MR) is 63.3 cm³/mol. The van der Waals surface area contributed by atoms with E-state index >= 15 is 0 Å². The fourth-order valence-corrected chi connectivity index (χ4v) is 1.69. The highest BCUT2D eigenvalue weighted by atomic mass is 35.5. The molecule has 18 heavy (non-hydrogen) atoms. The Bertz CT molecular complexity index is 381. The van der Waals surface area contributed by atoms with Crippen molar-refractivity contribution in [3.05, 3.63) is 35.9 Å². The number of hydrogen-bond acceptors (Lipinski definition) is 1. The lowest BCUT2D eigenvalue weighted by Gasteiger charge is -2.22. The van der Waals surface area contributed by atoms with Crippen molar-refractivity contribution in [2.45, 2.75) is 19.1 Å². The third-order valence-electron chi connectivity index (χ3n) is 2.28. The molecule has 1 aromatic carbocycles. The maximum absolute atomic E-state index is 12.2. The van der Waals surface area contributed by atoms with Gasteiger partial charge in [-0.25, -0.2) is 0 Å². The van der Waals surface area contributed by atoms with Gasteiger partial charge in [0, 0.05) is 19.0 Å². The second-order valence-corrected chi connectivity index (χ2v) is 4.16. The molecule has 0 atom stereocenters. The molecule has 1 rings (SSSR count). The van der Waals surface area contributed by atoms with Crippen molar-refractivity contribution in [1.29, 1.82) is 0 Å². The quantitative estimate of drug-likeness (QED) is 0.758. The van der Waals surface area contributed by atoms with Crippen LogP contribution in [0.4, 0.5) is 13.2 Å². The summed E-state index contributed by atoms with van der Waals surface area (Å²) in [6.45, 7) is 0.244. The molecule has 1 aromatic rings. The number of benzene rings is 1. The van der Waals surface area contributed by atoms with Gasteiger partial charge in [0.1, 0.15) is 6.42 Å². The second kappa shape index (κ2) is 6.64. The molecule has 0 spiro atoms. The van der Waals surface area contributed by atoms with Crippen molar-refractivity contribution >= 4 is 17.5 Å². The number of nitrogens with zero attached hydrogens (tertiary/aromatic N) is 1. The van der Waals surface area contributed by atoms with Crippen LogP contribution in [-0.4, -0.2) is 29.4 Å². The number of alkyl halides is 4. The van der Waals surface area contributed by atoms with Crippen LogP contribution in [0.2, 0.25) is 0 Å². The first kappa shape index (κ1) is 14.8. The van der Waals surface area contributed by atoms with Gasteiger partial charge in [0.2, 0.25) is 5.91 Å². The second-order valence-electron chi connectivity index (χ2n) is 3.78. The Hall–Kier alpha value is -1.23. The summed E-state index contributed by atoms with van der Waals surface area (Å²) in [6.07, 6.45) is -5.94. The summed E-state index contributed by atoms with van der Waals surface area (Å²) in [5.41, 5.74) is 0.776. The predicted octanol–water partition coefficient (Wildman–Crippen LogP) is 3.21. The lowest BCUT2D eigenvalue weighted by molar-refractivity contribution is -0.161. The van der Waals surface area contributed by atoms with E-state index < -0.39 is 18.5 Å². The third-order valence-corrected chi connectivity index (χ3v) is 2.44. The van der Waals surface area contributed by atoms with E-state index in [4.69, 9.17) is 11.6 Å². The summed E-state index contributed by atoms with van der Waals surface area (Å²) in [4.78, 5) is 12.6. The molecule has 0 N–H and O–H groups in total. The van der Waals surface area contributed by atoms with E-state index in [1.54, 1.807) is 30.3 Å². The van der Waals surface area contributed by atoms with Crippen LogP contribution < -0.4 is 0 Å². The zero-order chi connectivity index (χ0) is 13.6. The number of rotatable bonds is 5. The monoisotopic (exact) mass is 279 g/mol. The SMILES string of the molecule is O=C(CC(F)(F)F)N(CCCl)Cc1ccccc1. The highest BCUT2D eigenvalue weighted by Gasteiger charge is 2.33. The minimum atomic E-state index is -4.49. The van der Waals surface area contributed by atoms with Crippen LogP contribution in [-0.2, 0) is 11.3 Å². The minimum Gasteiger partial charge on any atom is -0.337 e. The molecule has 0 aliphatic rings. The van der Waals surface area contributed by atoms with Gasteiger partial charge in [-0.2, -0.15) is 13.2 Å². The molecule has 2 nitrogen and oxygen atoms in total. The highest BCUT2D eigenvalue weighted by molar-refractivity contribution is 6.18. The molecular formula is C12H13ClF3NO. The molecule has 0 saturated carbocycles. The van der Waals surface area contributed by atoms with E-state index in [9.17, 15) is 18.0 Å². The van der Waals surface area contributed by atoms with Gasteiger partial charge in [-0.05, 0) is 5.56 Å². The van der Waals surface area contributed by atoms with Crippen LogP contribution in [0.1, 0.15) is 12.0 Å². The number of amides is 1. The van der Waals surface area contributed by atoms with Crippen LogP contribution in [0.25, 0.3) is 0 Å². The van der Waals surface area contributed by atoms with Crippen LogP contribution in [0.3, 0.4) is 0 Å². The minimum absolute atomic E-state index is 0.103. The van der Waals surface area contributed by atoms with E-state index in [-0.39, 0.29) is 19.0 Å². The largest absolute Gasteiger partial charge is 0.397 e. The van der Waals surface area contributed by atoms with Crippen LogP contribution in [0.5, 0.6) is 0 Å². The normalized spacial score (nSPS) is 11.3. The fraction of sp³-hybridized carbons (Fsp3) is 0.417. The molecule has 100 valence electrons. The molecule has 0 heterocycles. The standard InChI is InChI=1S/C12H13ClF3NO/c13-6-7-17(11(18)8-12(14,15)16)9-10-4-2-1-3-5-10/h1-5H,6-9H2. The first-order chi connectivity index (χ1) is 8.42. The zero-order valence-corrected chi connectivity index (χ0v) is 10.3. The summed E-state index contributed by atoms with van der Waals surface area (Å²) >= 11 is 5.50. The fourth-order valence-electron chi connectivity index (χ4n) is 1.48. The maximum atomic E-state index is 12.2. The van der Waals surface area contributed by atoms with Gasteiger partial charge >= 0.3 is 6.18 Å². The number of carbonyl (C=O) groups excluding carboxylic acids is 1. The lowest BCUT2D eigenvalue weighted by Crippen LogP contribution is -2.35. The van der Waals surface area contributed by atoms with Crippen molar-refractivity contribution in [2.75, 3.05) is 12.4 Å². The zero-order valence-electron chi connectivity index (χ0n) is 9.58. The molecule has 1 amide bonds. The van der Waals surface area contributed by atoms with E-state index in [0.717, 1.165) is 10.5 Å². The number of hydrogen-bond donors (Lipinski definition) is 0. The van der Waals surface area contributed by atoms with Crippen molar-refractivity contribution < 1.29 is 18.0 Å². The van der Waals surface area contributed by atoms with E-state index in [2.05, 4.69) is 0 Å². The molecule has 0 bridgehead atoms. The van der Waals surface area contributed by atoms with Gasteiger partial charge in [0.05, 0.1) is 0 Å². The van der Waals surface area contributed by atoms with Crippen molar-refractivity contribution in [3.8, 4) is 0 Å². The number of halogens is 4. The lowest BCUT2D eigenvalue weighted by atomic mass is 10.2. The average Bonchev–Trinajstić information content (AvgIpc) is 2.27. The van der Waals surface area contributed by atoms with Crippen molar-refractivity contribution in [1.82, 2.24) is 4.90 Å². The first-order valence-electron chi connectivity index (χ1n) is 5.37. The average molecular weight is 280 g/mol. The Balaban J connectivity index is 2.68. The Morgan fingerprint density at radius 1 is 1.22 bits per heavy atom. The van der Waals surface area contributed by atoms with Gasteiger partial charge < -0.3 is 4.90 Å². The molecule has 6 heteroatoms. The first-order valence-corrected chi connectivity index (χ1v) is 5.90. The van der Waals surface area contributed by atoms with E-state index in [1.807, 2.05) is 0 Å². The van der Waals surface area contributed by atoms with E-state index in [0.29, 0.717) is 0 Å². The van der Waals surface area contributed by atoms with Gasteiger partial charge in [0.15, 0.2) is 0 Å². The summed E-state index contributed by atoms with van der Waals surface area (Å²) in [6, 6.07) is 8.84. The van der Waals surface area contributed by atoms with Gasteiger partial charge in [-0.3, -0.25) is 4.79 Å². The summed E-state index contributed by atoms with van der Waals surface area (Å²) in [7, 11) is 0. The maximum Gasteiger partial charge on any atom is 0.397 e. The van der Waals surface area contributed by atoms with Gasteiger partial charge in [-0.1, -0.05) is 30.3 Å². The Labute approximate surface area is 108 Å². The van der Waals surface area contributed by atoms with Crippen molar-refractivity contribution in [2.24, 2.45) is 0 Å². The topological polar surface area (TPSA) is 20.3 Å². The molecule has 0 aliphatic heterocycles. The molecule has 0 saturated heterocycles. The third kappa shape index (κ3) is 5.40. The molecule has 0 aromatic heterocycles. The molecule has 0 unspecified atom stereocenters. The van der Waals surface area contributed by atoms with Gasteiger partial charge in [-0.15, -0.1) is 11.6 Å². The summed E-state index contributed by atoms with van der Waals surface area (Å²) in [5.74, 6) is -0.844.